The van der Waals surface area contributed by atoms with E-state index in [9.17, 15) is 26.7 Å². The third kappa shape index (κ3) is 3.18. The van der Waals surface area contributed by atoms with Crippen LogP contribution in [0.5, 0.6) is 0 Å². The number of hydrogen-bond donors (Lipinski definition) is 0. The minimum absolute atomic E-state index is 0.0777. The van der Waals surface area contributed by atoms with Crippen LogP contribution in [0.3, 0.4) is 0 Å². The molecule has 0 unspecified atom stereocenters. The zero-order valence-electron chi connectivity index (χ0n) is 8.70. The van der Waals surface area contributed by atoms with Crippen LogP contribution in [0.1, 0.15) is 20.3 Å². The van der Waals surface area contributed by atoms with E-state index in [0.717, 1.165) is 0 Å². The van der Waals surface area contributed by atoms with Gasteiger partial charge in [0.25, 0.3) is 0 Å². The van der Waals surface area contributed by atoms with E-state index in [0.29, 0.717) is 6.26 Å². The molecule has 0 aliphatic heterocycles. The first-order valence-electron chi connectivity index (χ1n) is 4.48. The van der Waals surface area contributed by atoms with E-state index in [-0.39, 0.29) is 13.0 Å². The second kappa shape index (κ2) is 5.27. The molecule has 0 saturated carbocycles. The van der Waals surface area contributed by atoms with E-state index in [1.54, 1.807) is 0 Å². The molecule has 0 N–H and O–H groups in total. The molecule has 0 amide bonds. The minimum Gasteiger partial charge on any atom is -0.501 e. The van der Waals surface area contributed by atoms with Gasteiger partial charge >= 0.3 is 12.1 Å². The highest BCUT2D eigenvalue weighted by atomic mass is 19.4. The zero-order chi connectivity index (χ0) is 13.0. The van der Waals surface area contributed by atoms with E-state index in [2.05, 4.69) is 4.74 Å². The summed E-state index contributed by atoms with van der Waals surface area (Å²) >= 11 is 0. The topological polar surface area (TPSA) is 26.3 Å². The number of ketones is 1. The first-order chi connectivity index (χ1) is 7.18. The summed E-state index contributed by atoms with van der Waals surface area (Å²) in [6.07, 6.45) is -5.50. The lowest BCUT2D eigenvalue weighted by Gasteiger charge is -2.18. The maximum atomic E-state index is 12.6. The van der Waals surface area contributed by atoms with Crippen molar-refractivity contribution in [2.75, 3.05) is 6.61 Å². The average molecular weight is 246 g/mol. The number of hydrogen-bond acceptors (Lipinski definition) is 2. The Balaban J connectivity index is 5.03. The summed E-state index contributed by atoms with van der Waals surface area (Å²) in [6, 6.07) is 0. The second-order valence-electron chi connectivity index (χ2n) is 2.85. The monoisotopic (exact) mass is 246 g/mol. The van der Waals surface area contributed by atoms with Crippen molar-refractivity contribution in [3.8, 4) is 0 Å². The van der Waals surface area contributed by atoms with Crippen LogP contribution in [-0.2, 0) is 9.53 Å². The third-order valence-corrected chi connectivity index (χ3v) is 1.71. The lowest BCUT2D eigenvalue weighted by atomic mass is 10.0. The number of allylic oxidation sites excluding steroid dienone is 1. The average Bonchev–Trinajstić information content (AvgIpc) is 2.16. The van der Waals surface area contributed by atoms with E-state index in [4.69, 9.17) is 0 Å². The number of carbonyl (C=O) groups excluding carboxylic acids is 1. The predicted octanol–water partition coefficient (Wildman–Crippen LogP) is 3.08. The fourth-order valence-electron chi connectivity index (χ4n) is 0.812. The van der Waals surface area contributed by atoms with Gasteiger partial charge in [-0.3, -0.25) is 4.79 Å². The van der Waals surface area contributed by atoms with Crippen molar-refractivity contribution in [1.82, 2.24) is 0 Å². The summed E-state index contributed by atoms with van der Waals surface area (Å²) in [5, 5.41) is 0. The van der Waals surface area contributed by atoms with Crippen LogP contribution in [0.15, 0.2) is 11.8 Å². The van der Waals surface area contributed by atoms with Gasteiger partial charge in [0.1, 0.15) is 0 Å². The molecule has 0 aromatic heterocycles. The number of Topliss-reactive ketones (excluding diaryl/α,β-unsaturated/α-hetero) is 1. The molecule has 0 aromatic carbocycles. The van der Waals surface area contributed by atoms with E-state index in [1.165, 1.54) is 13.8 Å². The summed E-state index contributed by atoms with van der Waals surface area (Å²) in [6.45, 7) is 2.87. The van der Waals surface area contributed by atoms with Crippen LogP contribution in [-0.4, -0.2) is 24.5 Å². The summed E-state index contributed by atoms with van der Waals surface area (Å²) in [7, 11) is 0. The van der Waals surface area contributed by atoms with Crippen LogP contribution >= 0.6 is 0 Å². The first-order valence-corrected chi connectivity index (χ1v) is 4.48. The minimum atomic E-state index is -5.88. The standard InChI is InChI=1S/C9H11F5O2/c1-3-6(5-16-4-2)7(15)8(10,11)9(12,13)14/h5H,3-4H2,1-2H3. The number of rotatable bonds is 5. The highest BCUT2D eigenvalue weighted by Crippen LogP contribution is 2.38. The van der Waals surface area contributed by atoms with Crippen LogP contribution in [0.25, 0.3) is 0 Å². The molecule has 0 heterocycles. The largest absolute Gasteiger partial charge is 0.501 e. The van der Waals surface area contributed by atoms with Crippen molar-refractivity contribution in [3.63, 3.8) is 0 Å². The second-order valence-corrected chi connectivity index (χ2v) is 2.85. The van der Waals surface area contributed by atoms with Gasteiger partial charge in [-0.2, -0.15) is 22.0 Å². The van der Waals surface area contributed by atoms with Crippen LogP contribution in [0, 0.1) is 0 Å². The Bertz CT molecular complexity index is 280. The van der Waals surface area contributed by atoms with Crippen molar-refractivity contribution in [3.05, 3.63) is 11.8 Å². The Morgan fingerprint density at radius 2 is 1.69 bits per heavy atom. The van der Waals surface area contributed by atoms with Crippen molar-refractivity contribution in [2.45, 2.75) is 32.4 Å². The molecule has 0 bridgehead atoms. The maximum absolute atomic E-state index is 12.6. The SMILES string of the molecule is CCOC=C(CC)C(=O)C(F)(F)C(F)(F)F. The molecule has 0 aromatic rings. The molecule has 94 valence electrons. The number of halogens is 5. The van der Waals surface area contributed by atoms with Crippen LogP contribution in [0.4, 0.5) is 22.0 Å². The third-order valence-electron chi connectivity index (χ3n) is 1.71. The van der Waals surface area contributed by atoms with Crippen molar-refractivity contribution < 1.29 is 31.5 Å². The molecule has 0 saturated heterocycles. The molecule has 7 heteroatoms. The lowest BCUT2D eigenvalue weighted by Crippen LogP contribution is -2.44. The van der Waals surface area contributed by atoms with Gasteiger partial charge in [-0.05, 0) is 13.3 Å². The van der Waals surface area contributed by atoms with Crippen molar-refractivity contribution >= 4 is 5.78 Å². The van der Waals surface area contributed by atoms with Gasteiger partial charge in [0.15, 0.2) is 0 Å². The predicted molar refractivity (Wildman–Crippen MR) is 46.0 cm³/mol. The van der Waals surface area contributed by atoms with Gasteiger partial charge in [-0.15, -0.1) is 0 Å². The quantitative estimate of drug-likeness (QED) is 0.423. The lowest BCUT2D eigenvalue weighted by molar-refractivity contribution is -0.267. The van der Waals surface area contributed by atoms with Gasteiger partial charge in [0.2, 0.25) is 5.78 Å². The molecule has 0 fully saturated rings. The zero-order valence-corrected chi connectivity index (χ0v) is 8.70. The fourth-order valence-corrected chi connectivity index (χ4v) is 0.812. The van der Waals surface area contributed by atoms with Gasteiger partial charge in [-0.1, -0.05) is 6.92 Å². The number of carbonyl (C=O) groups is 1. The highest BCUT2D eigenvalue weighted by Gasteiger charge is 2.63. The Kier molecular flexibility index (Phi) is 4.89. The molecular weight excluding hydrogens is 235 g/mol. The Labute approximate surface area is 89.1 Å². The van der Waals surface area contributed by atoms with Gasteiger partial charge in [0.05, 0.1) is 12.9 Å². The van der Waals surface area contributed by atoms with Crippen LogP contribution in [0.2, 0.25) is 0 Å². The molecule has 16 heavy (non-hydrogen) atoms. The maximum Gasteiger partial charge on any atom is 0.461 e. The summed E-state index contributed by atoms with van der Waals surface area (Å²) < 4.78 is 65.4. The molecule has 0 aliphatic carbocycles. The molecular formula is C9H11F5O2. The normalized spacial score (nSPS) is 13.8. The van der Waals surface area contributed by atoms with Gasteiger partial charge < -0.3 is 4.74 Å². The highest BCUT2D eigenvalue weighted by molar-refractivity contribution is 6.01. The van der Waals surface area contributed by atoms with Gasteiger partial charge in [-0.25, -0.2) is 0 Å². The molecule has 0 radical (unpaired) electrons. The Hall–Kier alpha value is -1.14. The molecule has 0 aliphatic rings. The van der Waals surface area contributed by atoms with E-state index >= 15 is 0 Å². The first kappa shape index (κ1) is 14.9. The summed E-state index contributed by atoms with van der Waals surface area (Å²) in [5.74, 6) is -7.64. The molecule has 0 atom stereocenters. The number of ether oxygens (including phenoxy) is 1. The molecule has 2 nitrogen and oxygen atoms in total. The Morgan fingerprint density at radius 1 is 1.19 bits per heavy atom. The Morgan fingerprint density at radius 3 is 2.00 bits per heavy atom. The number of alkyl halides is 5. The molecule has 0 spiro atoms. The summed E-state index contributed by atoms with van der Waals surface area (Å²) in [5.41, 5.74) is -0.691. The summed E-state index contributed by atoms with van der Waals surface area (Å²) in [4.78, 5) is 10.9. The van der Waals surface area contributed by atoms with Gasteiger partial charge in [0, 0.05) is 5.57 Å². The van der Waals surface area contributed by atoms with E-state index in [1.807, 2.05) is 0 Å². The molecule has 0 rings (SSSR count). The van der Waals surface area contributed by atoms with Crippen molar-refractivity contribution in [1.29, 1.82) is 0 Å². The van der Waals surface area contributed by atoms with Crippen LogP contribution < -0.4 is 0 Å². The van der Waals surface area contributed by atoms with Crippen molar-refractivity contribution in [2.24, 2.45) is 0 Å². The van der Waals surface area contributed by atoms with E-state index < -0.39 is 23.5 Å². The smallest absolute Gasteiger partial charge is 0.461 e. The fraction of sp³-hybridized carbons (Fsp3) is 0.667.